The summed E-state index contributed by atoms with van der Waals surface area (Å²) in [6.45, 7) is 1.69. The number of aromatic nitrogens is 4. The minimum atomic E-state index is 0.207. The van der Waals surface area contributed by atoms with Gasteiger partial charge in [-0.1, -0.05) is 37.1 Å². The molecule has 2 aliphatic carbocycles. The first-order valence-corrected chi connectivity index (χ1v) is 12.7. The molecular weight excluding hydrogens is 406 g/mol. The lowest BCUT2D eigenvalue weighted by molar-refractivity contribution is -0.132. The number of aromatic amines is 1. The maximum Gasteiger partial charge on any atom is 0.233 e. The van der Waals surface area contributed by atoms with E-state index in [-0.39, 0.29) is 11.9 Å². The predicted octanol–water partition coefficient (Wildman–Crippen LogP) is 4.82. The van der Waals surface area contributed by atoms with Crippen molar-refractivity contribution >= 4 is 28.6 Å². The zero-order valence-corrected chi connectivity index (χ0v) is 18.7. The zero-order chi connectivity index (χ0) is 20.8. The van der Waals surface area contributed by atoms with Crippen molar-refractivity contribution in [2.75, 3.05) is 12.3 Å². The molecule has 1 atom stereocenters. The van der Waals surface area contributed by atoms with Crippen molar-refractivity contribution in [2.45, 2.75) is 75.0 Å². The fraction of sp³-hybridized carbons (Fsp3) is 0.542. The van der Waals surface area contributed by atoms with Gasteiger partial charge in [-0.3, -0.25) is 9.89 Å². The maximum atomic E-state index is 13.1. The van der Waals surface area contributed by atoms with E-state index in [2.05, 4.69) is 42.8 Å². The van der Waals surface area contributed by atoms with Gasteiger partial charge in [0.2, 0.25) is 5.91 Å². The number of fused-ring (bicyclic) bond motifs is 3. The van der Waals surface area contributed by atoms with Gasteiger partial charge in [0, 0.05) is 29.7 Å². The largest absolute Gasteiger partial charge is 0.341 e. The molecule has 0 bridgehead atoms. The minimum absolute atomic E-state index is 0.207. The first kappa shape index (κ1) is 19.4. The molecule has 3 aliphatic rings. The Morgan fingerprint density at radius 2 is 2.03 bits per heavy atom. The molecule has 1 aromatic carbocycles. The van der Waals surface area contributed by atoms with E-state index in [0.717, 1.165) is 38.3 Å². The Labute approximate surface area is 186 Å². The van der Waals surface area contributed by atoms with Gasteiger partial charge in [-0.15, -0.1) is 0 Å². The molecule has 1 amide bonds. The van der Waals surface area contributed by atoms with Crippen LogP contribution in [-0.2, 0) is 17.8 Å². The third kappa shape index (κ3) is 3.37. The van der Waals surface area contributed by atoms with Crippen LogP contribution >= 0.6 is 11.8 Å². The number of benzene rings is 1. The summed E-state index contributed by atoms with van der Waals surface area (Å²) in [6.07, 6.45) is 11.6. The maximum absolute atomic E-state index is 13.1. The van der Waals surface area contributed by atoms with E-state index in [1.807, 2.05) is 0 Å². The molecule has 3 aromatic rings. The molecule has 3 heterocycles. The first-order valence-electron chi connectivity index (χ1n) is 11.7. The van der Waals surface area contributed by atoms with Crippen molar-refractivity contribution < 1.29 is 4.79 Å². The molecule has 6 rings (SSSR count). The number of carbonyl (C=O) groups is 1. The van der Waals surface area contributed by atoms with Crippen LogP contribution in [0.15, 0.2) is 29.7 Å². The van der Waals surface area contributed by atoms with Gasteiger partial charge in [0.1, 0.15) is 6.33 Å². The molecule has 0 saturated heterocycles. The molecule has 1 aliphatic heterocycles. The quantitative estimate of drug-likeness (QED) is 0.597. The van der Waals surface area contributed by atoms with E-state index < -0.39 is 0 Å². The highest BCUT2D eigenvalue weighted by Crippen LogP contribution is 2.44. The molecule has 7 heteroatoms. The van der Waals surface area contributed by atoms with Gasteiger partial charge in [-0.2, -0.15) is 5.10 Å². The molecule has 1 unspecified atom stereocenters. The molecule has 162 valence electrons. The lowest BCUT2D eigenvalue weighted by Gasteiger charge is -2.40. The number of carbonyl (C=O) groups excluding carboxylic acids is 1. The van der Waals surface area contributed by atoms with Crippen LogP contribution in [-0.4, -0.2) is 42.9 Å². The Kier molecular flexibility index (Phi) is 5.01. The molecule has 6 nitrogen and oxygen atoms in total. The number of thioether (sulfide) groups is 1. The summed E-state index contributed by atoms with van der Waals surface area (Å²) in [5.74, 6) is 1.35. The average Bonchev–Trinajstić information content (AvgIpc) is 3.46. The molecule has 0 radical (unpaired) electrons. The van der Waals surface area contributed by atoms with Crippen LogP contribution in [0, 0.1) is 0 Å². The van der Waals surface area contributed by atoms with E-state index in [9.17, 15) is 4.79 Å². The molecule has 1 fully saturated rings. The van der Waals surface area contributed by atoms with Crippen LogP contribution in [0.1, 0.15) is 73.7 Å². The lowest BCUT2D eigenvalue weighted by Crippen LogP contribution is -2.44. The monoisotopic (exact) mass is 435 g/mol. The molecule has 31 heavy (non-hydrogen) atoms. The molecule has 1 saturated carbocycles. The van der Waals surface area contributed by atoms with Crippen molar-refractivity contribution in [3.63, 3.8) is 0 Å². The second-order valence-corrected chi connectivity index (χ2v) is 10.2. The SMILES string of the molecule is O=C(CSc1ncn[nH]1)N1CCn2c3c(c4cc(C5CCCCC5)ccc42)CCCC31. The number of hydrogen-bond donors (Lipinski definition) is 1. The van der Waals surface area contributed by atoms with Crippen LogP contribution in [0.5, 0.6) is 0 Å². The van der Waals surface area contributed by atoms with Gasteiger partial charge >= 0.3 is 0 Å². The van der Waals surface area contributed by atoms with Gasteiger partial charge in [0.05, 0.1) is 11.8 Å². The number of H-pyrrole nitrogens is 1. The molecule has 0 spiro atoms. The smallest absolute Gasteiger partial charge is 0.233 e. The van der Waals surface area contributed by atoms with Gasteiger partial charge in [0.15, 0.2) is 5.16 Å². The molecule has 1 N–H and O–H groups in total. The summed E-state index contributed by atoms with van der Waals surface area (Å²) in [5.41, 5.74) is 5.82. The van der Waals surface area contributed by atoms with E-state index in [4.69, 9.17) is 0 Å². The number of hydrogen-bond acceptors (Lipinski definition) is 4. The Morgan fingerprint density at radius 3 is 2.87 bits per heavy atom. The summed E-state index contributed by atoms with van der Waals surface area (Å²) in [4.78, 5) is 19.4. The number of aryl methyl sites for hydroxylation is 1. The Morgan fingerprint density at radius 1 is 1.13 bits per heavy atom. The van der Waals surface area contributed by atoms with E-state index in [1.165, 1.54) is 77.9 Å². The number of nitrogens with one attached hydrogen (secondary N) is 1. The van der Waals surface area contributed by atoms with Gasteiger partial charge < -0.3 is 9.47 Å². The second kappa shape index (κ2) is 8.01. The van der Waals surface area contributed by atoms with Crippen molar-refractivity contribution in [3.8, 4) is 0 Å². The highest BCUT2D eigenvalue weighted by molar-refractivity contribution is 7.99. The summed E-state index contributed by atoms with van der Waals surface area (Å²) < 4.78 is 2.52. The Hall–Kier alpha value is -2.28. The second-order valence-electron chi connectivity index (χ2n) is 9.20. The van der Waals surface area contributed by atoms with Crippen molar-refractivity contribution in [1.29, 1.82) is 0 Å². The summed E-state index contributed by atoms with van der Waals surface area (Å²) in [5, 5.41) is 8.87. The fourth-order valence-corrected chi connectivity index (χ4v) is 6.75. The minimum Gasteiger partial charge on any atom is -0.341 e. The fourth-order valence-electron chi connectivity index (χ4n) is 6.09. The van der Waals surface area contributed by atoms with Gasteiger partial charge in [0.25, 0.3) is 0 Å². The lowest BCUT2D eigenvalue weighted by atomic mass is 9.83. The highest BCUT2D eigenvalue weighted by atomic mass is 32.2. The third-order valence-electron chi connectivity index (χ3n) is 7.52. The topological polar surface area (TPSA) is 66.8 Å². The van der Waals surface area contributed by atoms with E-state index >= 15 is 0 Å². The van der Waals surface area contributed by atoms with Crippen LogP contribution in [0.3, 0.4) is 0 Å². The summed E-state index contributed by atoms with van der Waals surface area (Å²) in [7, 11) is 0. The third-order valence-corrected chi connectivity index (χ3v) is 8.38. The van der Waals surface area contributed by atoms with Crippen LogP contribution in [0.2, 0.25) is 0 Å². The number of amides is 1. The summed E-state index contributed by atoms with van der Waals surface area (Å²) >= 11 is 1.44. The van der Waals surface area contributed by atoms with E-state index in [0.29, 0.717) is 10.9 Å². The normalized spacial score (nSPS) is 21.4. The first-order chi connectivity index (χ1) is 15.3. The number of nitrogens with zero attached hydrogens (tertiary/aromatic N) is 4. The molecule has 2 aromatic heterocycles. The van der Waals surface area contributed by atoms with Crippen molar-refractivity contribution in [3.05, 3.63) is 41.3 Å². The highest BCUT2D eigenvalue weighted by Gasteiger charge is 2.37. The average molecular weight is 436 g/mol. The number of rotatable bonds is 4. The van der Waals surface area contributed by atoms with Crippen LogP contribution < -0.4 is 0 Å². The van der Waals surface area contributed by atoms with Crippen LogP contribution in [0.4, 0.5) is 0 Å². The van der Waals surface area contributed by atoms with Crippen LogP contribution in [0.25, 0.3) is 10.9 Å². The van der Waals surface area contributed by atoms with Gasteiger partial charge in [-0.05, 0) is 61.3 Å². The van der Waals surface area contributed by atoms with E-state index in [1.54, 1.807) is 0 Å². The Balaban J connectivity index is 1.31. The summed E-state index contributed by atoms with van der Waals surface area (Å²) in [6, 6.07) is 7.46. The predicted molar refractivity (Wildman–Crippen MR) is 122 cm³/mol. The standard InChI is InChI=1S/C24H29N5OS/c30-22(14-31-24-25-15-26-27-24)28-11-12-29-20-10-9-17(16-5-2-1-3-6-16)13-19(20)18-7-4-8-21(28)23(18)29/h9-10,13,15-16,21H,1-8,11-12,14H2,(H,25,26,27). The van der Waals surface area contributed by atoms with Gasteiger partial charge in [-0.25, -0.2) is 4.98 Å². The zero-order valence-electron chi connectivity index (χ0n) is 17.8. The molecular formula is C24H29N5OS. The van der Waals surface area contributed by atoms with Crippen molar-refractivity contribution in [1.82, 2.24) is 24.6 Å². The Bertz CT molecular complexity index is 1100. The van der Waals surface area contributed by atoms with Crippen molar-refractivity contribution in [2.24, 2.45) is 0 Å².